The van der Waals surface area contributed by atoms with Crippen LogP contribution < -0.4 is 5.32 Å². The zero-order valence-corrected chi connectivity index (χ0v) is 15.1. The van der Waals surface area contributed by atoms with E-state index >= 15 is 0 Å². The van der Waals surface area contributed by atoms with Gasteiger partial charge in [0.1, 0.15) is 0 Å². The van der Waals surface area contributed by atoms with Gasteiger partial charge in [-0.2, -0.15) is 0 Å². The Morgan fingerprint density at radius 2 is 1.80 bits per heavy atom. The van der Waals surface area contributed by atoms with Crippen LogP contribution in [-0.4, -0.2) is 34.1 Å². The van der Waals surface area contributed by atoms with Crippen molar-refractivity contribution in [3.8, 4) is 0 Å². The van der Waals surface area contributed by atoms with E-state index in [4.69, 9.17) is 0 Å². The summed E-state index contributed by atoms with van der Waals surface area (Å²) < 4.78 is 0. The summed E-state index contributed by atoms with van der Waals surface area (Å²) in [5.74, 6) is -2.52. The summed E-state index contributed by atoms with van der Waals surface area (Å²) in [4.78, 5) is 35.8. The summed E-state index contributed by atoms with van der Waals surface area (Å²) >= 11 is 0. The average Bonchev–Trinajstić information content (AvgIpc) is 3.04. The highest BCUT2D eigenvalue weighted by Crippen LogP contribution is 2.44. The molecular weight excluding hydrogens is 322 g/mol. The standard InChI is InChI=1S/C19H31NO5/c1-2-6-14(17(23)24)12-19(9-3-4-10-19)18(25)20-15-8-5-7-13(11-15)16(21)22/h13-15H,2-12H2,1H3,(H,20,25)(H,21,22)(H,23,24). The molecular formula is C19H31NO5. The van der Waals surface area contributed by atoms with E-state index in [0.29, 0.717) is 25.7 Å². The molecule has 0 radical (unpaired) electrons. The topological polar surface area (TPSA) is 104 Å². The molecule has 0 heterocycles. The average molecular weight is 353 g/mol. The first kappa shape index (κ1) is 19.7. The van der Waals surface area contributed by atoms with Crippen LogP contribution in [0.2, 0.25) is 0 Å². The van der Waals surface area contributed by atoms with Crippen LogP contribution in [0, 0.1) is 17.3 Å². The third-order valence-electron chi connectivity index (χ3n) is 6.02. The van der Waals surface area contributed by atoms with Crippen molar-refractivity contribution >= 4 is 17.8 Å². The van der Waals surface area contributed by atoms with Gasteiger partial charge in [0, 0.05) is 6.04 Å². The van der Waals surface area contributed by atoms with E-state index in [-0.39, 0.29) is 17.9 Å². The van der Waals surface area contributed by atoms with Crippen molar-refractivity contribution < 1.29 is 24.6 Å². The fourth-order valence-electron chi connectivity index (χ4n) is 4.59. The molecule has 1 amide bonds. The molecule has 3 unspecified atom stereocenters. The van der Waals surface area contributed by atoms with E-state index in [1.165, 1.54) is 0 Å². The highest BCUT2D eigenvalue weighted by molar-refractivity contribution is 5.84. The number of nitrogens with one attached hydrogen (secondary N) is 1. The summed E-state index contributed by atoms with van der Waals surface area (Å²) in [7, 11) is 0. The monoisotopic (exact) mass is 353 g/mol. The maximum absolute atomic E-state index is 13.0. The lowest BCUT2D eigenvalue weighted by Gasteiger charge is -2.34. The number of hydrogen-bond donors (Lipinski definition) is 3. The first-order valence-electron chi connectivity index (χ1n) is 9.64. The molecule has 2 rings (SSSR count). The van der Waals surface area contributed by atoms with Gasteiger partial charge in [0.2, 0.25) is 5.91 Å². The molecule has 3 N–H and O–H groups in total. The van der Waals surface area contributed by atoms with E-state index in [9.17, 15) is 24.6 Å². The Bertz CT molecular complexity index is 498. The molecule has 0 aliphatic heterocycles. The SMILES string of the molecule is CCCC(CC1(C(=O)NC2CCCC(C(=O)O)C2)CCCC1)C(=O)O. The minimum Gasteiger partial charge on any atom is -0.481 e. The third kappa shape index (κ3) is 4.95. The maximum atomic E-state index is 13.0. The smallest absolute Gasteiger partial charge is 0.306 e. The molecule has 0 aromatic rings. The van der Waals surface area contributed by atoms with Crippen molar-refractivity contribution in [2.45, 2.75) is 83.6 Å². The van der Waals surface area contributed by atoms with Crippen LogP contribution >= 0.6 is 0 Å². The second-order valence-corrected chi connectivity index (χ2v) is 7.89. The molecule has 0 aromatic heterocycles. The lowest BCUT2D eigenvalue weighted by atomic mass is 9.75. The molecule has 0 spiro atoms. The molecule has 6 heteroatoms. The Kier molecular flexibility index (Phi) is 6.85. The Morgan fingerprint density at radius 1 is 1.12 bits per heavy atom. The van der Waals surface area contributed by atoms with Crippen molar-refractivity contribution in [2.24, 2.45) is 17.3 Å². The van der Waals surface area contributed by atoms with Gasteiger partial charge < -0.3 is 15.5 Å². The first-order chi connectivity index (χ1) is 11.9. The van der Waals surface area contributed by atoms with Gasteiger partial charge in [-0.05, 0) is 44.9 Å². The van der Waals surface area contributed by atoms with Gasteiger partial charge in [-0.1, -0.05) is 32.6 Å². The largest absolute Gasteiger partial charge is 0.481 e. The van der Waals surface area contributed by atoms with Crippen LogP contribution in [0.3, 0.4) is 0 Å². The summed E-state index contributed by atoms with van der Waals surface area (Å²) in [6, 6.07) is -0.103. The molecule has 2 fully saturated rings. The zero-order valence-electron chi connectivity index (χ0n) is 15.1. The number of carbonyl (C=O) groups excluding carboxylic acids is 1. The summed E-state index contributed by atoms with van der Waals surface area (Å²) in [5.41, 5.74) is -0.589. The van der Waals surface area contributed by atoms with Crippen molar-refractivity contribution in [1.82, 2.24) is 5.32 Å². The van der Waals surface area contributed by atoms with Gasteiger partial charge in [0.05, 0.1) is 17.3 Å². The minimum absolute atomic E-state index is 0.0524. The van der Waals surface area contributed by atoms with Crippen molar-refractivity contribution in [2.75, 3.05) is 0 Å². The number of aliphatic carboxylic acids is 2. The van der Waals surface area contributed by atoms with Crippen LogP contribution in [-0.2, 0) is 14.4 Å². The van der Waals surface area contributed by atoms with Crippen molar-refractivity contribution in [1.29, 1.82) is 0 Å². The molecule has 142 valence electrons. The highest BCUT2D eigenvalue weighted by atomic mass is 16.4. The van der Waals surface area contributed by atoms with E-state index in [1.807, 2.05) is 6.92 Å². The fraction of sp³-hybridized carbons (Fsp3) is 0.842. The Labute approximate surface area is 149 Å². The molecule has 2 aliphatic carbocycles. The number of hydrogen-bond acceptors (Lipinski definition) is 3. The van der Waals surface area contributed by atoms with Crippen molar-refractivity contribution in [3.05, 3.63) is 0 Å². The molecule has 0 saturated heterocycles. The Morgan fingerprint density at radius 3 is 2.36 bits per heavy atom. The van der Waals surface area contributed by atoms with Gasteiger partial charge in [-0.15, -0.1) is 0 Å². The second-order valence-electron chi connectivity index (χ2n) is 7.89. The van der Waals surface area contributed by atoms with Gasteiger partial charge in [-0.25, -0.2) is 0 Å². The molecule has 2 aliphatic rings. The summed E-state index contributed by atoms with van der Waals surface area (Å²) in [6.07, 6.45) is 7.93. The molecule has 2 saturated carbocycles. The summed E-state index contributed by atoms with van der Waals surface area (Å²) in [6.45, 7) is 1.96. The van der Waals surface area contributed by atoms with Crippen LogP contribution in [0.1, 0.15) is 77.6 Å². The Balaban J connectivity index is 2.04. The third-order valence-corrected chi connectivity index (χ3v) is 6.02. The van der Waals surface area contributed by atoms with Crippen LogP contribution in [0.4, 0.5) is 0 Å². The van der Waals surface area contributed by atoms with Crippen LogP contribution in [0.25, 0.3) is 0 Å². The van der Waals surface area contributed by atoms with Gasteiger partial charge in [-0.3, -0.25) is 14.4 Å². The fourth-order valence-corrected chi connectivity index (χ4v) is 4.59. The molecule has 3 atom stereocenters. The molecule has 25 heavy (non-hydrogen) atoms. The second kappa shape index (κ2) is 8.68. The lowest BCUT2D eigenvalue weighted by molar-refractivity contribution is -0.146. The van der Waals surface area contributed by atoms with Gasteiger partial charge in [0.15, 0.2) is 0 Å². The highest BCUT2D eigenvalue weighted by Gasteiger charge is 2.44. The predicted octanol–water partition coefficient (Wildman–Crippen LogP) is 3.20. The molecule has 0 bridgehead atoms. The van der Waals surface area contributed by atoms with E-state index in [0.717, 1.165) is 44.9 Å². The number of rotatable bonds is 8. The maximum Gasteiger partial charge on any atom is 0.306 e. The molecule has 6 nitrogen and oxygen atoms in total. The van der Waals surface area contributed by atoms with E-state index in [1.54, 1.807) is 0 Å². The van der Waals surface area contributed by atoms with Crippen LogP contribution in [0.15, 0.2) is 0 Å². The van der Waals surface area contributed by atoms with Crippen molar-refractivity contribution in [3.63, 3.8) is 0 Å². The van der Waals surface area contributed by atoms with Gasteiger partial charge >= 0.3 is 11.9 Å². The Hall–Kier alpha value is -1.59. The quantitative estimate of drug-likeness (QED) is 0.622. The van der Waals surface area contributed by atoms with E-state index in [2.05, 4.69) is 5.32 Å². The minimum atomic E-state index is -0.815. The number of carboxylic acids is 2. The normalized spacial score (nSPS) is 26.8. The predicted molar refractivity (Wildman–Crippen MR) is 93.1 cm³/mol. The lowest BCUT2D eigenvalue weighted by Crippen LogP contribution is -2.47. The number of amides is 1. The van der Waals surface area contributed by atoms with Crippen LogP contribution in [0.5, 0.6) is 0 Å². The molecule has 0 aromatic carbocycles. The zero-order chi connectivity index (χ0) is 18.4. The first-order valence-corrected chi connectivity index (χ1v) is 9.64. The van der Waals surface area contributed by atoms with E-state index < -0.39 is 23.3 Å². The number of carbonyl (C=O) groups is 3. The summed E-state index contributed by atoms with van der Waals surface area (Å²) in [5, 5.41) is 21.8. The number of carboxylic acid groups (broad SMARTS) is 2. The van der Waals surface area contributed by atoms with Gasteiger partial charge in [0.25, 0.3) is 0 Å².